The van der Waals surface area contributed by atoms with E-state index in [2.05, 4.69) is 0 Å². The zero-order valence-corrected chi connectivity index (χ0v) is 13.8. The Morgan fingerprint density at radius 1 is 1.26 bits per heavy atom. The number of ketones is 1. The smallest absolute Gasteiger partial charge is 0.416 e. The van der Waals surface area contributed by atoms with E-state index in [0.717, 1.165) is 5.56 Å². The quantitative estimate of drug-likeness (QED) is 0.809. The fraction of sp³-hybridized carbons (Fsp3) is 0.500. The first-order valence-corrected chi connectivity index (χ1v) is 7.93. The normalized spacial score (nSPS) is 18.9. The Labute approximate surface area is 136 Å². The van der Waals surface area contributed by atoms with Crippen molar-refractivity contribution < 1.29 is 19.1 Å². The molecule has 1 heterocycles. The van der Waals surface area contributed by atoms with E-state index in [1.807, 2.05) is 44.2 Å². The number of hydrogen-bond donors (Lipinski definition) is 0. The average Bonchev–Trinajstić information content (AvgIpc) is 2.85. The van der Waals surface area contributed by atoms with Gasteiger partial charge in [0.2, 0.25) is 5.91 Å². The van der Waals surface area contributed by atoms with Gasteiger partial charge in [0.25, 0.3) is 0 Å². The Morgan fingerprint density at radius 3 is 2.48 bits per heavy atom. The van der Waals surface area contributed by atoms with E-state index in [0.29, 0.717) is 6.42 Å². The first-order valence-electron chi connectivity index (χ1n) is 7.93. The lowest BCUT2D eigenvalue weighted by atomic mass is 9.89. The van der Waals surface area contributed by atoms with Crippen LogP contribution in [0.5, 0.6) is 0 Å². The second-order valence-electron chi connectivity index (χ2n) is 6.39. The number of ether oxygens (including phenoxy) is 1. The topological polar surface area (TPSA) is 63.7 Å². The number of carbonyl (C=O) groups is 3. The number of benzene rings is 1. The van der Waals surface area contributed by atoms with Gasteiger partial charge in [-0.05, 0) is 24.8 Å². The Hall–Kier alpha value is -2.17. The summed E-state index contributed by atoms with van der Waals surface area (Å²) in [5.41, 5.74) is 1.04. The third kappa shape index (κ3) is 4.18. The molecule has 23 heavy (non-hydrogen) atoms. The molecular weight excluding hydrogens is 294 g/mol. The van der Waals surface area contributed by atoms with Crippen molar-refractivity contribution in [2.24, 2.45) is 11.8 Å². The molecule has 0 unspecified atom stereocenters. The molecule has 1 aromatic rings. The summed E-state index contributed by atoms with van der Waals surface area (Å²) in [5.74, 6) is -0.864. The van der Waals surface area contributed by atoms with Crippen molar-refractivity contribution in [3.05, 3.63) is 35.9 Å². The minimum absolute atomic E-state index is 0.0165. The highest BCUT2D eigenvalue weighted by atomic mass is 16.6. The van der Waals surface area contributed by atoms with Crippen molar-refractivity contribution in [2.45, 2.75) is 39.7 Å². The Kier molecular flexibility index (Phi) is 5.53. The van der Waals surface area contributed by atoms with E-state index in [-0.39, 0.29) is 36.7 Å². The van der Waals surface area contributed by atoms with E-state index in [1.54, 1.807) is 0 Å². The predicted octanol–water partition coefficient (Wildman–Crippen LogP) is 2.83. The minimum Gasteiger partial charge on any atom is -0.447 e. The van der Waals surface area contributed by atoms with Crippen LogP contribution < -0.4 is 0 Å². The van der Waals surface area contributed by atoms with Crippen LogP contribution in [0, 0.1) is 11.8 Å². The summed E-state index contributed by atoms with van der Waals surface area (Å²) in [4.78, 5) is 37.5. The molecule has 0 aromatic heterocycles. The van der Waals surface area contributed by atoms with E-state index < -0.39 is 12.0 Å². The fourth-order valence-corrected chi connectivity index (χ4v) is 2.86. The van der Waals surface area contributed by atoms with E-state index in [1.165, 1.54) is 11.8 Å². The van der Waals surface area contributed by atoms with Crippen LogP contribution in [0.25, 0.3) is 0 Å². The Balaban J connectivity index is 2.17. The SMILES string of the molecule is CC(=O)C[C@H](C(=O)N1C(=O)OC[C@@H]1Cc1ccccc1)C(C)C. The van der Waals surface area contributed by atoms with Gasteiger partial charge in [-0.2, -0.15) is 0 Å². The van der Waals surface area contributed by atoms with Gasteiger partial charge in [0, 0.05) is 12.3 Å². The van der Waals surface area contributed by atoms with Crippen LogP contribution in [0.4, 0.5) is 4.79 Å². The summed E-state index contributed by atoms with van der Waals surface area (Å²) in [6.07, 6.45) is 0.104. The van der Waals surface area contributed by atoms with Crippen molar-refractivity contribution in [2.75, 3.05) is 6.61 Å². The maximum atomic E-state index is 12.8. The highest BCUT2D eigenvalue weighted by molar-refractivity contribution is 5.96. The van der Waals surface area contributed by atoms with Gasteiger partial charge >= 0.3 is 6.09 Å². The predicted molar refractivity (Wildman–Crippen MR) is 85.8 cm³/mol. The van der Waals surface area contributed by atoms with Gasteiger partial charge in [-0.3, -0.25) is 4.79 Å². The molecule has 0 spiro atoms. The van der Waals surface area contributed by atoms with Gasteiger partial charge in [0.05, 0.1) is 6.04 Å². The van der Waals surface area contributed by atoms with Crippen LogP contribution >= 0.6 is 0 Å². The van der Waals surface area contributed by atoms with E-state index >= 15 is 0 Å². The van der Waals surface area contributed by atoms with Crippen LogP contribution in [-0.4, -0.2) is 35.3 Å². The average molecular weight is 317 g/mol. The van der Waals surface area contributed by atoms with Gasteiger partial charge in [0.15, 0.2) is 0 Å². The van der Waals surface area contributed by atoms with Crippen LogP contribution in [0.2, 0.25) is 0 Å². The van der Waals surface area contributed by atoms with Crippen molar-refractivity contribution in [1.29, 1.82) is 0 Å². The lowest BCUT2D eigenvalue weighted by Gasteiger charge is -2.26. The molecule has 0 radical (unpaired) electrons. The molecule has 5 heteroatoms. The van der Waals surface area contributed by atoms with Crippen LogP contribution in [0.1, 0.15) is 32.8 Å². The summed E-state index contributed by atoms with van der Waals surface area (Å²) in [6, 6.07) is 9.37. The maximum absolute atomic E-state index is 12.8. The second kappa shape index (κ2) is 7.40. The third-order valence-corrected chi connectivity index (χ3v) is 4.14. The molecule has 2 rings (SSSR count). The number of hydrogen-bond acceptors (Lipinski definition) is 4. The molecule has 5 nitrogen and oxygen atoms in total. The molecule has 124 valence electrons. The van der Waals surface area contributed by atoms with Crippen LogP contribution in [0.15, 0.2) is 30.3 Å². The van der Waals surface area contributed by atoms with Crippen LogP contribution in [0.3, 0.4) is 0 Å². The van der Waals surface area contributed by atoms with Gasteiger partial charge in [0.1, 0.15) is 12.4 Å². The molecule has 1 aliphatic heterocycles. The van der Waals surface area contributed by atoms with Gasteiger partial charge in [-0.15, -0.1) is 0 Å². The summed E-state index contributed by atoms with van der Waals surface area (Å²) >= 11 is 0. The molecule has 0 bridgehead atoms. The molecule has 2 amide bonds. The first-order chi connectivity index (χ1) is 10.9. The van der Waals surface area contributed by atoms with Crippen molar-refractivity contribution in [1.82, 2.24) is 4.90 Å². The first kappa shape index (κ1) is 17.2. The summed E-state index contributed by atoms with van der Waals surface area (Å²) < 4.78 is 5.09. The fourth-order valence-electron chi connectivity index (χ4n) is 2.86. The number of Topliss-reactive ketones (excluding diaryl/α,β-unsaturated/α-hetero) is 1. The largest absolute Gasteiger partial charge is 0.447 e. The van der Waals surface area contributed by atoms with Crippen LogP contribution in [-0.2, 0) is 20.7 Å². The lowest BCUT2D eigenvalue weighted by Crippen LogP contribution is -2.45. The standard InChI is InChI=1S/C18H23NO4/c1-12(2)16(9-13(3)20)17(21)19-15(11-23-18(19)22)10-14-7-5-4-6-8-14/h4-8,12,15-16H,9-11H2,1-3H3/t15-,16-/m0/s1. The number of cyclic esters (lactones) is 1. The molecule has 0 aliphatic carbocycles. The number of imide groups is 1. The molecule has 0 saturated carbocycles. The summed E-state index contributed by atoms with van der Waals surface area (Å²) in [7, 11) is 0. The molecular formula is C18H23NO4. The third-order valence-electron chi connectivity index (χ3n) is 4.14. The highest BCUT2D eigenvalue weighted by Crippen LogP contribution is 2.25. The van der Waals surface area contributed by atoms with Gasteiger partial charge in [-0.1, -0.05) is 44.2 Å². The van der Waals surface area contributed by atoms with E-state index in [4.69, 9.17) is 4.74 Å². The summed E-state index contributed by atoms with van der Waals surface area (Å²) in [5, 5.41) is 0. The Morgan fingerprint density at radius 2 is 1.91 bits per heavy atom. The Bertz CT molecular complexity index is 582. The van der Waals surface area contributed by atoms with Crippen molar-refractivity contribution >= 4 is 17.8 Å². The number of rotatable bonds is 6. The molecule has 0 N–H and O–H groups in total. The number of nitrogens with zero attached hydrogens (tertiary/aromatic N) is 1. The van der Waals surface area contributed by atoms with E-state index in [9.17, 15) is 14.4 Å². The molecule has 1 fully saturated rings. The molecule has 1 saturated heterocycles. The highest BCUT2D eigenvalue weighted by Gasteiger charge is 2.41. The maximum Gasteiger partial charge on any atom is 0.416 e. The molecule has 2 atom stereocenters. The van der Waals surface area contributed by atoms with Crippen molar-refractivity contribution in [3.63, 3.8) is 0 Å². The zero-order chi connectivity index (χ0) is 17.0. The number of carbonyl (C=O) groups excluding carboxylic acids is 3. The van der Waals surface area contributed by atoms with Gasteiger partial charge < -0.3 is 9.53 Å². The zero-order valence-electron chi connectivity index (χ0n) is 13.8. The second-order valence-corrected chi connectivity index (χ2v) is 6.39. The minimum atomic E-state index is -0.606. The molecule has 1 aliphatic rings. The lowest BCUT2D eigenvalue weighted by molar-refractivity contribution is -0.137. The van der Waals surface area contributed by atoms with Gasteiger partial charge in [-0.25, -0.2) is 9.69 Å². The monoisotopic (exact) mass is 317 g/mol. The summed E-state index contributed by atoms with van der Waals surface area (Å²) in [6.45, 7) is 5.44. The molecule has 1 aromatic carbocycles. The van der Waals surface area contributed by atoms with Crippen molar-refractivity contribution in [3.8, 4) is 0 Å². The number of amides is 2.